The number of nitrogens with one attached hydrogen (secondary N) is 2. The highest BCUT2D eigenvalue weighted by Crippen LogP contribution is 2.28. The number of hydrogen-bond donors (Lipinski definition) is 2. The Morgan fingerprint density at radius 2 is 2.08 bits per heavy atom. The third-order valence-electron chi connectivity index (χ3n) is 3.55. The molecule has 0 bridgehead atoms. The molecule has 2 aromatic rings. The number of anilines is 1. The summed E-state index contributed by atoms with van der Waals surface area (Å²) in [6.07, 6.45) is 3.00. The van der Waals surface area contributed by atoms with Crippen molar-refractivity contribution < 1.29 is 17.8 Å². The maximum absolute atomic E-state index is 11.8. The molecule has 0 aliphatic rings. The Hall–Kier alpha value is -2.39. The molecule has 0 radical (unpaired) electrons. The second-order valence-corrected chi connectivity index (χ2v) is 7.19. The van der Waals surface area contributed by atoms with E-state index in [1.807, 2.05) is 13.0 Å². The largest absolute Gasteiger partial charge is 0.469 e. The van der Waals surface area contributed by atoms with E-state index >= 15 is 0 Å². The van der Waals surface area contributed by atoms with Crippen molar-refractivity contribution >= 4 is 21.4 Å². The summed E-state index contributed by atoms with van der Waals surface area (Å²) >= 11 is 0. The summed E-state index contributed by atoms with van der Waals surface area (Å²) in [4.78, 5) is 10.5. The minimum Gasteiger partial charge on any atom is -0.469 e. The SMILES string of the molecule is CNS(=O)(=O)c1ccc(N[C@H](C)CCc2ccco2)c([N+](=O)[O-])c1. The van der Waals surface area contributed by atoms with E-state index in [-0.39, 0.29) is 22.3 Å². The highest BCUT2D eigenvalue weighted by atomic mass is 32.2. The molecule has 1 heterocycles. The average molecular weight is 353 g/mol. The molecular formula is C15H19N3O5S. The van der Waals surface area contributed by atoms with Gasteiger partial charge in [-0.05, 0) is 44.7 Å². The lowest BCUT2D eigenvalue weighted by molar-refractivity contribution is -0.384. The molecule has 1 aromatic carbocycles. The van der Waals surface area contributed by atoms with Crippen LogP contribution in [0, 0.1) is 10.1 Å². The van der Waals surface area contributed by atoms with Gasteiger partial charge in [0.1, 0.15) is 11.4 Å². The van der Waals surface area contributed by atoms with E-state index in [0.717, 1.165) is 11.8 Å². The number of hydrogen-bond acceptors (Lipinski definition) is 6. The zero-order valence-corrected chi connectivity index (χ0v) is 14.2. The number of nitro benzene ring substituents is 1. The van der Waals surface area contributed by atoms with E-state index in [9.17, 15) is 18.5 Å². The number of sulfonamides is 1. The first-order valence-electron chi connectivity index (χ1n) is 7.34. The van der Waals surface area contributed by atoms with Crippen LogP contribution in [0.2, 0.25) is 0 Å². The molecule has 2 rings (SSSR count). The number of benzene rings is 1. The van der Waals surface area contributed by atoms with Crippen molar-refractivity contribution in [1.82, 2.24) is 4.72 Å². The van der Waals surface area contributed by atoms with Crippen molar-refractivity contribution in [2.24, 2.45) is 0 Å². The van der Waals surface area contributed by atoms with Crippen LogP contribution in [0.4, 0.5) is 11.4 Å². The number of rotatable bonds is 8. The molecule has 2 N–H and O–H groups in total. The third-order valence-corrected chi connectivity index (χ3v) is 4.96. The Morgan fingerprint density at radius 1 is 1.33 bits per heavy atom. The van der Waals surface area contributed by atoms with Crippen LogP contribution in [0.5, 0.6) is 0 Å². The summed E-state index contributed by atoms with van der Waals surface area (Å²) in [5, 5.41) is 14.3. The number of nitrogens with zero attached hydrogens (tertiary/aromatic N) is 1. The maximum atomic E-state index is 11.8. The van der Waals surface area contributed by atoms with Crippen molar-refractivity contribution in [1.29, 1.82) is 0 Å². The molecule has 0 amide bonds. The van der Waals surface area contributed by atoms with Crippen molar-refractivity contribution in [2.45, 2.75) is 30.7 Å². The normalized spacial score (nSPS) is 12.8. The quantitative estimate of drug-likeness (QED) is 0.557. The maximum Gasteiger partial charge on any atom is 0.293 e. The minimum atomic E-state index is -3.73. The molecule has 0 aliphatic heterocycles. The lowest BCUT2D eigenvalue weighted by Gasteiger charge is -2.15. The first-order chi connectivity index (χ1) is 11.3. The summed E-state index contributed by atoms with van der Waals surface area (Å²) in [6.45, 7) is 1.89. The fourth-order valence-electron chi connectivity index (χ4n) is 2.22. The van der Waals surface area contributed by atoms with Gasteiger partial charge in [0, 0.05) is 18.5 Å². The van der Waals surface area contributed by atoms with Crippen LogP contribution < -0.4 is 10.0 Å². The molecule has 24 heavy (non-hydrogen) atoms. The van der Waals surface area contributed by atoms with Gasteiger partial charge in [-0.25, -0.2) is 13.1 Å². The van der Waals surface area contributed by atoms with Crippen molar-refractivity contribution in [3.8, 4) is 0 Å². The third kappa shape index (κ3) is 4.33. The van der Waals surface area contributed by atoms with E-state index in [0.29, 0.717) is 12.8 Å². The number of aryl methyl sites for hydroxylation is 1. The van der Waals surface area contributed by atoms with E-state index in [2.05, 4.69) is 10.0 Å². The van der Waals surface area contributed by atoms with Crippen molar-refractivity contribution in [3.05, 3.63) is 52.5 Å². The molecule has 0 fully saturated rings. The topological polar surface area (TPSA) is 114 Å². The van der Waals surface area contributed by atoms with Crippen molar-refractivity contribution in [2.75, 3.05) is 12.4 Å². The zero-order chi connectivity index (χ0) is 17.7. The lowest BCUT2D eigenvalue weighted by Crippen LogP contribution is -2.20. The van der Waals surface area contributed by atoms with Gasteiger partial charge in [0.15, 0.2) is 0 Å². The van der Waals surface area contributed by atoms with Gasteiger partial charge in [0.2, 0.25) is 10.0 Å². The minimum absolute atomic E-state index is 0.0550. The summed E-state index contributed by atoms with van der Waals surface area (Å²) in [6, 6.07) is 7.41. The van der Waals surface area contributed by atoms with Gasteiger partial charge in [-0.3, -0.25) is 10.1 Å². The molecular weight excluding hydrogens is 334 g/mol. The first-order valence-corrected chi connectivity index (χ1v) is 8.82. The predicted octanol–water partition coefficient (Wildman–Crippen LogP) is 2.53. The standard InChI is InChI=1S/C15H19N3O5S/c1-11(5-6-12-4-3-9-23-12)17-14-8-7-13(24(21,22)16-2)10-15(14)18(19)20/h3-4,7-11,16-17H,5-6H2,1-2H3/t11-/m1/s1. The monoisotopic (exact) mass is 353 g/mol. The second kappa shape index (κ2) is 7.45. The second-order valence-electron chi connectivity index (χ2n) is 5.31. The van der Waals surface area contributed by atoms with Crippen LogP contribution in [0.1, 0.15) is 19.1 Å². The molecule has 0 saturated carbocycles. The molecule has 1 atom stereocenters. The molecule has 9 heteroatoms. The fraction of sp³-hybridized carbons (Fsp3) is 0.333. The van der Waals surface area contributed by atoms with Gasteiger partial charge in [0.25, 0.3) is 5.69 Å². The van der Waals surface area contributed by atoms with Crippen LogP contribution in [-0.4, -0.2) is 26.4 Å². The van der Waals surface area contributed by atoms with Gasteiger partial charge < -0.3 is 9.73 Å². The van der Waals surface area contributed by atoms with Gasteiger partial charge in [-0.1, -0.05) is 0 Å². The van der Waals surface area contributed by atoms with E-state index in [1.54, 1.807) is 12.3 Å². The van der Waals surface area contributed by atoms with Crippen LogP contribution in [0.3, 0.4) is 0 Å². The van der Waals surface area contributed by atoms with Crippen LogP contribution in [0.15, 0.2) is 45.9 Å². The summed E-state index contributed by atoms with van der Waals surface area (Å²) in [5.74, 6) is 0.841. The van der Waals surface area contributed by atoms with Gasteiger partial charge in [0.05, 0.1) is 16.1 Å². The molecule has 8 nitrogen and oxygen atoms in total. The van der Waals surface area contributed by atoms with E-state index < -0.39 is 14.9 Å². The van der Waals surface area contributed by atoms with Gasteiger partial charge in [-0.15, -0.1) is 0 Å². The smallest absolute Gasteiger partial charge is 0.293 e. The predicted molar refractivity (Wildman–Crippen MR) is 89.5 cm³/mol. The Labute approximate surface area is 140 Å². The van der Waals surface area contributed by atoms with Crippen LogP contribution in [0.25, 0.3) is 0 Å². The molecule has 0 spiro atoms. The molecule has 0 saturated heterocycles. The summed E-state index contributed by atoms with van der Waals surface area (Å²) in [5.41, 5.74) is -0.00169. The van der Waals surface area contributed by atoms with Crippen LogP contribution >= 0.6 is 0 Å². The summed E-state index contributed by atoms with van der Waals surface area (Å²) < 4.78 is 30.9. The highest BCUT2D eigenvalue weighted by Gasteiger charge is 2.21. The molecule has 0 unspecified atom stereocenters. The highest BCUT2D eigenvalue weighted by molar-refractivity contribution is 7.89. The lowest BCUT2D eigenvalue weighted by atomic mass is 10.1. The Balaban J connectivity index is 2.15. The first kappa shape index (κ1) is 18.0. The Bertz CT molecular complexity index is 803. The van der Waals surface area contributed by atoms with E-state index in [4.69, 9.17) is 4.42 Å². The number of nitro groups is 1. The summed E-state index contributed by atoms with van der Waals surface area (Å²) in [7, 11) is -2.48. The molecule has 1 aromatic heterocycles. The van der Waals surface area contributed by atoms with Gasteiger partial charge in [-0.2, -0.15) is 0 Å². The van der Waals surface area contributed by atoms with E-state index in [1.165, 1.54) is 19.2 Å². The Kier molecular flexibility index (Phi) is 5.58. The molecule has 130 valence electrons. The van der Waals surface area contributed by atoms with Crippen LogP contribution in [-0.2, 0) is 16.4 Å². The Morgan fingerprint density at radius 3 is 2.67 bits per heavy atom. The molecule has 0 aliphatic carbocycles. The van der Waals surface area contributed by atoms with Gasteiger partial charge >= 0.3 is 0 Å². The average Bonchev–Trinajstić information content (AvgIpc) is 3.06. The van der Waals surface area contributed by atoms with Crippen molar-refractivity contribution in [3.63, 3.8) is 0 Å². The zero-order valence-electron chi connectivity index (χ0n) is 13.4. The fourth-order valence-corrected chi connectivity index (χ4v) is 2.97. The number of furan rings is 1.